The van der Waals surface area contributed by atoms with E-state index in [1.54, 1.807) is 14.2 Å². The largest absolute Gasteiger partial charge is 0.384 e. The lowest BCUT2D eigenvalue weighted by atomic mass is 9.61. The van der Waals surface area contributed by atoms with Gasteiger partial charge in [-0.3, -0.25) is 0 Å². The molecule has 0 bridgehead atoms. The van der Waals surface area contributed by atoms with Crippen LogP contribution in [0.2, 0.25) is 0 Å². The molecule has 0 saturated heterocycles. The van der Waals surface area contributed by atoms with Gasteiger partial charge in [-0.1, -0.05) is 41.5 Å². The van der Waals surface area contributed by atoms with E-state index in [-0.39, 0.29) is 16.4 Å². The summed E-state index contributed by atoms with van der Waals surface area (Å²) >= 11 is 0. The molecular formula is C18H38O3. The molecule has 0 amide bonds. The summed E-state index contributed by atoms with van der Waals surface area (Å²) in [5.41, 5.74) is -0.261. The van der Waals surface area contributed by atoms with E-state index in [2.05, 4.69) is 55.4 Å². The molecule has 0 spiro atoms. The SMILES string of the molecule is COCC(COC)(COC(C)(C)C(C)C)C(C)(C)C(C)C. The lowest BCUT2D eigenvalue weighted by molar-refractivity contribution is -0.167. The minimum absolute atomic E-state index is 0.0477. The molecule has 0 rings (SSSR count). The van der Waals surface area contributed by atoms with Crippen molar-refractivity contribution < 1.29 is 14.2 Å². The van der Waals surface area contributed by atoms with Crippen molar-refractivity contribution in [1.82, 2.24) is 0 Å². The summed E-state index contributed by atoms with van der Waals surface area (Å²) in [6.45, 7) is 19.7. The second-order valence-electron chi connectivity index (χ2n) is 8.07. The molecule has 0 aromatic heterocycles. The Bertz CT molecular complexity index is 287. The molecule has 0 fully saturated rings. The molecule has 0 saturated carbocycles. The molecule has 128 valence electrons. The fourth-order valence-corrected chi connectivity index (χ4v) is 2.34. The highest BCUT2D eigenvalue weighted by atomic mass is 16.5. The minimum atomic E-state index is -0.156. The second-order valence-corrected chi connectivity index (χ2v) is 8.07. The van der Waals surface area contributed by atoms with Gasteiger partial charge in [-0.15, -0.1) is 0 Å². The Balaban J connectivity index is 5.40. The smallest absolute Gasteiger partial charge is 0.0649 e. The molecule has 0 aromatic rings. The number of ether oxygens (including phenoxy) is 3. The molecule has 0 aliphatic heterocycles. The Morgan fingerprint density at radius 3 is 1.43 bits per heavy atom. The molecule has 0 atom stereocenters. The average molecular weight is 302 g/mol. The maximum absolute atomic E-state index is 6.34. The molecule has 0 aliphatic rings. The van der Waals surface area contributed by atoms with Crippen LogP contribution in [-0.4, -0.2) is 39.6 Å². The standard InChI is InChI=1S/C18H38O3/c1-14(2)16(5,6)18(11-19-9,12-20-10)13-21-17(7,8)15(3)4/h14-15H,11-13H2,1-10H3. The molecule has 0 unspecified atom stereocenters. The fraction of sp³-hybridized carbons (Fsp3) is 1.00. The molecule has 0 aromatic carbocycles. The Morgan fingerprint density at radius 1 is 0.714 bits per heavy atom. The van der Waals surface area contributed by atoms with E-state index in [1.165, 1.54) is 0 Å². The predicted molar refractivity (Wildman–Crippen MR) is 89.7 cm³/mol. The van der Waals surface area contributed by atoms with Gasteiger partial charge >= 0.3 is 0 Å². The van der Waals surface area contributed by atoms with Crippen LogP contribution in [0.1, 0.15) is 55.4 Å². The van der Waals surface area contributed by atoms with Crippen LogP contribution in [0.15, 0.2) is 0 Å². The molecule has 0 heterocycles. The third-order valence-electron chi connectivity index (χ3n) is 5.76. The zero-order chi connectivity index (χ0) is 16.9. The lowest BCUT2D eigenvalue weighted by Crippen LogP contribution is -2.52. The Hall–Kier alpha value is -0.120. The minimum Gasteiger partial charge on any atom is -0.384 e. The molecule has 0 radical (unpaired) electrons. The summed E-state index contributed by atoms with van der Waals surface area (Å²) in [4.78, 5) is 0. The van der Waals surface area contributed by atoms with Crippen LogP contribution in [0.3, 0.4) is 0 Å². The van der Waals surface area contributed by atoms with Crippen molar-refractivity contribution in [3.63, 3.8) is 0 Å². The molecule has 0 N–H and O–H groups in total. The van der Waals surface area contributed by atoms with E-state index in [4.69, 9.17) is 14.2 Å². The van der Waals surface area contributed by atoms with Gasteiger partial charge in [0.05, 0.1) is 25.4 Å². The third kappa shape index (κ3) is 4.94. The number of rotatable bonds is 10. The van der Waals surface area contributed by atoms with Crippen molar-refractivity contribution in [3.8, 4) is 0 Å². The summed E-state index contributed by atoms with van der Waals surface area (Å²) < 4.78 is 17.5. The van der Waals surface area contributed by atoms with Gasteiger partial charge in [0, 0.05) is 19.6 Å². The first-order valence-electron chi connectivity index (χ1n) is 8.08. The Morgan fingerprint density at radius 2 is 1.14 bits per heavy atom. The van der Waals surface area contributed by atoms with Crippen LogP contribution in [0.4, 0.5) is 0 Å². The topological polar surface area (TPSA) is 27.7 Å². The van der Waals surface area contributed by atoms with Gasteiger partial charge < -0.3 is 14.2 Å². The van der Waals surface area contributed by atoms with E-state index in [9.17, 15) is 0 Å². The van der Waals surface area contributed by atoms with E-state index in [1.807, 2.05) is 0 Å². The average Bonchev–Trinajstić information content (AvgIpc) is 2.35. The van der Waals surface area contributed by atoms with Gasteiger partial charge in [-0.05, 0) is 31.1 Å². The summed E-state index contributed by atoms with van der Waals surface area (Å²) in [7, 11) is 3.52. The van der Waals surface area contributed by atoms with Gasteiger partial charge in [0.1, 0.15) is 0 Å². The highest BCUT2D eigenvalue weighted by Crippen LogP contribution is 2.46. The highest BCUT2D eigenvalue weighted by Gasteiger charge is 2.48. The first-order chi connectivity index (χ1) is 9.47. The van der Waals surface area contributed by atoms with Crippen molar-refractivity contribution in [2.24, 2.45) is 22.7 Å². The van der Waals surface area contributed by atoms with E-state index >= 15 is 0 Å². The van der Waals surface area contributed by atoms with Crippen LogP contribution in [-0.2, 0) is 14.2 Å². The monoisotopic (exact) mass is 302 g/mol. The van der Waals surface area contributed by atoms with Crippen molar-refractivity contribution in [2.45, 2.75) is 61.0 Å². The highest BCUT2D eigenvalue weighted by molar-refractivity contribution is 4.95. The van der Waals surface area contributed by atoms with Crippen LogP contribution >= 0.6 is 0 Å². The Kier molecular flexibility index (Phi) is 7.89. The van der Waals surface area contributed by atoms with Crippen LogP contribution < -0.4 is 0 Å². The number of methoxy groups -OCH3 is 2. The maximum atomic E-state index is 6.34. The maximum Gasteiger partial charge on any atom is 0.0649 e. The molecule has 3 heteroatoms. The van der Waals surface area contributed by atoms with Gasteiger partial charge in [-0.25, -0.2) is 0 Å². The first kappa shape index (κ1) is 20.9. The number of hydrogen-bond donors (Lipinski definition) is 0. The van der Waals surface area contributed by atoms with Crippen molar-refractivity contribution in [2.75, 3.05) is 34.0 Å². The fourth-order valence-electron chi connectivity index (χ4n) is 2.34. The number of hydrogen-bond acceptors (Lipinski definition) is 3. The van der Waals surface area contributed by atoms with Crippen molar-refractivity contribution in [1.29, 1.82) is 0 Å². The zero-order valence-corrected chi connectivity index (χ0v) is 16.0. The van der Waals surface area contributed by atoms with E-state index < -0.39 is 0 Å². The van der Waals surface area contributed by atoms with Gasteiger partial charge in [0.15, 0.2) is 0 Å². The third-order valence-corrected chi connectivity index (χ3v) is 5.76. The van der Waals surface area contributed by atoms with Gasteiger partial charge in [0.25, 0.3) is 0 Å². The molecular weight excluding hydrogens is 264 g/mol. The Labute approximate surface area is 132 Å². The zero-order valence-electron chi connectivity index (χ0n) is 16.0. The summed E-state index contributed by atoms with van der Waals surface area (Å²) in [5.74, 6) is 0.969. The van der Waals surface area contributed by atoms with Crippen LogP contribution in [0.25, 0.3) is 0 Å². The van der Waals surface area contributed by atoms with E-state index in [0.29, 0.717) is 31.7 Å². The van der Waals surface area contributed by atoms with Crippen LogP contribution in [0, 0.1) is 22.7 Å². The summed E-state index contributed by atoms with van der Waals surface area (Å²) in [6, 6.07) is 0. The van der Waals surface area contributed by atoms with E-state index in [0.717, 1.165) is 0 Å². The van der Waals surface area contributed by atoms with Gasteiger partial charge in [-0.2, -0.15) is 0 Å². The predicted octanol–water partition coefficient (Wildman–Crippen LogP) is 4.40. The van der Waals surface area contributed by atoms with Gasteiger partial charge in [0.2, 0.25) is 0 Å². The first-order valence-corrected chi connectivity index (χ1v) is 8.08. The quantitative estimate of drug-likeness (QED) is 0.598. The normalized spacial score (nSPS) is 14.3. The molecule has 21 heavy (non-hydrogen) atoms. The summed E-state index contributed by atoms with van der Waals surface area (Å²) in [6.07, 6.45) is 0. The molecule has 3 nitrogen and oxygen atoms in total. The lowest BCUT2D eigenvalue weighted by Gasteiger charge is -2.50. The van der Waals surface area contributed by atoms with Crippen molar-refractivity contribution >= 4 is 0 Å². The summed E-state index contributed by atoms with van der Waals surface area (Å²) in [5, 5.41) is 0. The van der Waals surface area contributed by atoms with Crippen molar-refractivity contribution in [3.05, 3.63) is 0 Å². The second kappa shape index (κ2) is 7.94. The van der Waals surface area contributed by atoms with Crippen LogP contribution in [0.5, 0.6) is 0 Å². The molecule has 0 aliphatic carbocycles.